The van der Waals surface area contributed by atoms with Gasteiger partial charge in [0.15, 0.2) is 0 Å². The van der Waals surface area contributed by atoms with Crippen molar-refractivity contribution in [2.45, 2.75) is 25.4 Å². The zero-order chi connectivity index (χ0) is 13.9. The van der Waals surface area contributed by atoms with Crippen molar-refractivity contribution in [2.75, 3.05) is 19.8 Å². The Morgan fingerprint density at radius 3 is 2.74 bits per heavy atom. The highest BCUT2D eigenvalue weighted by Gasteiger charge is 2.30. The van der Waals surface area contributed by atoms with Crippen molar-refractivity contribution in [3.05, 3.63) is 29.3 Å². The van der Waals surface area contributed by atoms with Crippen LogP contribution in [0.2, 0.25) is 0 Å². The molecule has 1 aromatic carbocycles. The van der Waals surface area contributed by atoms with E-state index in [1.54, 1.807) is 19.1 Å². The molecule has 2 rings (SSSR count). The van der Waals surface area contributed by atoms with Gasteiger partial charge in [0, 0.05) is 38.2 Å². The van der Waals surface area contributed by atoms with Crippen molar-refractivity contribution in [1.82, 2.24) is 5.32 Å². The SMILES string of the molecule is Cc1ccc(C(=O)NCC2(O)CCOCC2)cc1O. The number of nitrogens with one attached hydrogen (secondary N) is 1. The zero-order valence-electron chi connectivity index (χ0n) is 11.0. The molecule has 5 heteroatoms. The molecule has 1 heterocycles. The van der Waals surface area contributed by atoms with Gasteiger partial charge in [0.1, 0.15) is 5.75 Å². The third-order valence-electron chi connectivity index (χ3n) is 3.47. The summed E-state index contributed by atoms with van der Waals surface area (Å²) in [7, 11) is 0. The van der Waals surface area contributed by atoms with Gasteiger partial charge in [-0.3, -0.25) is 4.79 Å². The van der Waals surface area contributed by atoms with Crippen LogP contribution in [0.5, 0.6) is 5.75 Å². The molecule has 0 radical (unpaired) electrons. The molecule has 1 saturated heterocycles. The maximum absolute atomic E-state index is 11.9. The van der Waals surface area contributed by atoms with Crippen LogP contribution in [-0.2, 0) is 4.74 Å². The van der Waals surface area contributed by atoms with Crippen LogP contribution in [0.25, 0.3) is 0 Å². The van der Waals surface area contributed by atoms with Gasteiger partial charge >= 0.3 is 0 Å². The average Bonchev–Trinajstić information content (AvgIpc) is 2.40. The first-order chi connectivity index (χ1) is 9.00. The molecule has 0 bridgehead atoms. The Bertz CT molecular complexity index is 467. The van der Waals surface area contributed by atoms with Gasteiger partial charge in [0.25, 0.3) is 5.91 Å². The third kappa shape index (κ3) is 3.45. The normalized spacial score (nSPS) is 18.0. The zero-order valence-corrected chi connectivity index (χ0v) is 11.0. The Kier molecular flexibility index (Phi) is 4.07. The van der Waals surface area contributed by atoms with Crippen LogP contribution in [0.1, 0.15) is 28.8 Å². The summed E-state index contributed by atoms with van der Waals surface area (Å²) in [5, 5.41) is 22.5. The van der Waals surface area contributed by atoms with E-state index in [9.17, 15) is 15.0 Å². The van der Waals surface area contributed by atoms with E-state index < -0.39 is 5.60 Å². The lowest BCUT2D eigenvalue weighted by molar-refractivity contribution is -0.0605. The van der Waals surface area contributed by atoms with Crippen LogP contribution in [-0.4, -0.2) is 41.5 Å². The molecule has 0 saturated carbocycles. The fourth-order valence-electron chi connectivity index (χ4n) is 2.03. The molecule has 19 heavy (non-hydrogen) atoms. The molecule has 1 aromatic rings. The Labute approximate surface area is 112 Å². The molecule has 104 valence electrons. The second-order valence-electron chi connectivity index (χ2n) is 5.02. The maximum Gasteiger partial charge on any atom is 0.251 e. The molecule has 0 aromatic heterocycles. The number of aliphatic hydroxyl groups is 1. The average molecular weight is 265 g/mol. The molecule has 0 spiro atoms. The van der Waals surface area contributed by atoms with Crippen molar-refractivity contribution in [2.24, 2.45) is 0 Å². The molecule has 0 unspecified atom stereocenters. The van der Waals surface area contributed by atoms with Crippen LogP contribution >= 0.6 is 0 Å². The van der Waals surface area contributed by atoms with Gasteiger partial charge in [0.2, 0.25) is 0 Å². The van der Waals surface area contributed by atoms with E-state index in [0.717, 1.165) is 5.56 Å². The summed E-state index contributed by atoms with van der Waals surface area (Å²) in [4.78, 5) is 11.9. The number of phenolic OH excluding ortho intramolecular Hbond substituents is 1. The smallest absolute Gasteiger partial charge is 0.251 e. The van der Waals surface area contributed by atoms with E-state index in [2.05, 4.69) is 5.32 Å². The van der Waals surface area contributed by atoms with Gasteiger partial charge in [-0.15, -0.1) is 0 Å². The lowest BCUT2D eigenvalue weighted by atomic mass is 9.94. The fourth-order valence-corrected chi connectivity index (χ4v) is 2.03. The minimum absolute atomic E-state index is 0.0948. The van der Waals surface area contributed by atoms with Crippen molar-refractivity contribution in [3.8, 4) is 5.75 Å². The summed E-state index contributed by atoms with van der Waals surface area (Å²) in [5.41, 5.74) is 0.221. The van der Waals surface area contributed by atoms with E-state index in [1.807, 2.05) is 0 Å². The minimum Gasteiger partial charge on any atom is -0.508 e. The summed E-state index contributed by atoms with van der Waals surface area (Å²) in [5.74, 6) is -0.201. The minimum atomic E-state index is -0.888. The molecular weight excluding hydrogens is 246 g/mol. The van der Waals surface area contributed by atoms with Gasteiger partial charge in [0.05, 0.1) is 5.60 Å². The summed E-state index contributed by atoms with van der Waals surface area (Å²) < 4.78 is 5.18. The number of rotatable bonds is 3. The Balaban J connectivity index is 1.95. The van der Waals surface area contributed by atoms with E-state index >= 15 is 0 Å². The Morgan fingerprint density at radius 1 is 1.42 bits per heavy atom. The number of amides is 1. The second-order valence-corrected chi connectivity index (χ2v) is 5.02. The summed E-state index contributed by atoms with van der Waals surface area (Å²) >= 11 is 0. The lowest BCUT2D eigenvalue weighted by Gasteiger charge is -2.32. The van der Waals surface area contributed by atoms with E-state index in [0.29, 0.717) is 31.6 Å². The number of aryl methyl sites for hydroxylation is 1. The Hall–Kier alpha value is -1.59. The van der Waals surface area contributed by atoms with Crippen LogP contribution < -0.4 is 5.32 Å². The number of carbonyl (C=O) groups is 1. The molecule has 1 aliphatic rings. The van der Waals surface area contributed by atoms with Crippen molar-refractivity contribution >= 4 is 5.91 Å². The highest BCUT2D eigenvalue weighted by atomic mass is 16.5. The highest BCUT2D eigenvalue weighted by molar-refractivity contribution is 5.94. The van der Waals surface area contributed by atoms with Crippen LogP contribution in [0.4, 0.5) is 0 Å². The molecule has 1 fully saturated rings. The molecule has 1 aliphatic heterocycles. The quantitative estimate of drug-likeness (QED) is 0.761. The topological polar surface area (TPSA) is 78.8 Å². The maximum atomic E-state index is 11.9. The number of hydrogen-bond acceptors (Lipinski definition) is 4. The number of phenols is 1. The first kappa shape index (κ1) is 13.8. The largest absolute Gasteiger partial charge is 0.508 e. The van der Waals surface area contributed by atoms with E-state index in [4.69, 9.17) is 4.74 Å². The number of ether oxygens (including phenoxy) is 1. The number of carbonyl (C=O) groups excluding carboxylic acids is 1. The summed E-state index contributed by atoms with van der Waals surface area (Å²) in [6, 6.07) is 4.77. The monoisotopic (exact) mass is 265 g/mol. The van der Waals surface area contributed by atoms with Crippen molar-refractivity contribution in [1.29, 1.82) is 0 Å². The van der Waals surface area contributed by atoms with Gasteiger partial charge in [-0.1, -0.05) is 6.07 Å². The molecular formula is C14H19NO4. The predicted octanol–water partition coefficient (Wildman–Crippen LogP) is 0.972. The summed E-state index contributed by atoms with van der Waals surface area (Å²) in [6.07, 6.45) is 1.04. The number of aromatic hydroxyl groups is 1. The van der Waals surface area contributed by atoms with Crippen LogP contribution in [0.3, 0.4) is 0 Å². The Morgan fingerprint density at radius 2 is 2.11 bits per heavy atom. The lowest BCUT2D eigenvalue weighted by Crippen LogP contribution is -2.46. The number of benzene rings is 1. The standard InChI is InChI=1S/C14H19NO4/c1-10-2-3-11(8-12(10)16)13(17)15-9-14(18)4-6-19-7-5-14/h2-3,8,16,18H,4-7,9H2,1H3,(H,15,17). The van der Waals surface area contributed by atoms with Crippen LogP contribution in [0.15, 0.2) is 18.2 Å². The highest BCUT2D eigenvalue weighted by Crippen LogP contribution is 2.20. The molecule has 0 aliphatic carbocycles. The van der Waals surface area contributed by atoms with Crippen molar-refractivity contribution in [3.63, 3.8) is 0 Å². The summed E-state index contributed by atoms with van der Waals surface area (Å²) in [6.45, 7) is 2.99. The van der Waals surface area contributed by atoms with Crippen molar-refractivity contribution < 1.29 is 19.7 Å². The van der Waals surface area contributed by atoms with Gasteiger partial charge in [-0.25, -0.2) is 0 Å². The van der Waals surface area contributed by atoms with Gasteiger partial charge < -0.3 is 20.3 Å². The van der Waals surface area contributed by atoms with E-state index in [1.165, 1.54) is 6.07 Å². The molecule has 1 amide bonds. The third-order valence-corrected chi connectivity index (χ3v) is 3.47. The predicted molar refractivity (Wildman–Crippen MR) is 70.2 cm³/mol. The van der Waals surface area contributed by atoms with Crippen LogP contribution in [0, 0.1) is 6.92 Å². The molecule has 0 atom stereocenters. The molecule has 5 nitrogen and oxygen atoms in total. The molecule has 3 N–H and O–H groups in total. The number of hydrogen-bond donors (Lipinski definition) is 3. The first-order valence-electron chi connectivity index (χ1n) is 6.38. The van der Waals surface area contributed by atoms with Gasteiger partial charge in [-0.2, -0.15) is 0 Å². The fraction of sp³-hybridized carbons (Fsp3) is 0.500. The first-order valence-corrected chi connectivity index (χ1v) is 6.38. The van der Waals surface area contributed by atoms with Gasteiger partial charge in [-0.05, 0) is 24.6 Å². The van der Waals surface area contributed by atoms with E-state index in [-0.39, 0.29) is 18.2 Å². The second kappa shape index (κ2) is 5.59.